The van der Waals surface area contributed by atoms with Crippen LogP contribution in [0.1, 0.15) is 0 Å². The summed E-state index contributed by atoms with van der Waals surface area (Å²) in [6.45, 7) is 0. The molecule has 0 N–H and O–H groups in total. The molecule has 3 nitrogen and oxygen atoms in total. The molecule has 38 heavy (non-hydrogen) atoms. The van der Waals surface area contributed by atoms with Crippen LogP contribution in [0.3, 0.4) is 0 Å². The van der Waals surface area contributed by atoms with Crippen molar-refractivity contribution < 1.29 is 0 Å². The molecule has 0 fully saturated rings. The number of nitrogens with zero attached hydrogens (tertiary/aromatic N) is 3. The second kappa shape index (κ2) is 9.38. The quantitative estimate of drug-likeness (QED) is 0.250. The summed E-state index contributed by atoms with van der Waals surface area (Å²) in [6, 6.07) is 44.3. The fourth-order valence-electron chi connectivity index (χ4n) is 4.91. The van der Waals surface area contributed by atoms with Crippen LogP contribution in [0.4, 0.5) is 0 Å². The molecule has 0 radical (unpaired) electrons. The van der Waals surface area contributed by atoms with Gasteiger partial charge in [-0.15, -0.1) is 0 Å². The zero-order chi connectivity index (χ0) is 25.3. The smallest absolute Gasteiger partial charge is 0.160 e. The average Bonchev–Trinajstić information content (AvgIpc) is 3.01. The van der Waals surface area contributed by atoms with Crippen LogP contribution in [0.2, 0.25) is 0 Å². The van der Waals surface area contributed by atoms with Crippen molar-refractivity contribution in [2.24, 2.45) is 0 Å². The molecule has 7 rings (SSSR count). The molecule has 0 amide bonds. The second-order valence-electron chi connectivity index (χ2n) is 9.40. The van der Waals surface area contributed by atoms with E-state index in [-0.39, 0.29) is 0 Å². The Labute approximate surface area is 221 Å². The maximum Gasteiger partial charge on any atom is 0.160 e. The van der Waals surface area contributed by atoms with Crippen LogP contribution in [-0.4, -0.2) is 15.0 Å². The molecule has 5 aromatic carbocycles. The van der Waals surface area contributed by atoms with E-state index in [4.69, 9.17) is 9.97 Å². The minimum absolute atomic E-state index is 0.705. The van der Waals surface area contributed by atoms with E-state index in [9.17, 15) is 0 Å². The zero-order valence-electron chi connectivity index (χ0n) is 20.6. The molecule has 0 aliphatic rings. The van der Waals surface area contributed by atoms with Crippen molar-refractivity contribution >= 4 is 21.5 Å². The molecule has 0 saturated heterocycles. The SMILES string of the molecule is c1cncc(-c2ccc(-c3nc(-c4ccc5ccccc5c4)cc(-c4ccc5ccccc5c4)n3)cc2)c1. The molecule has 3 heteroatoms. The predicted molar refractivity (Wildman–Crippen MR) is 157 cm³/mol. The van der Waals surface area contributed by atoms with Gasteiger partial charge < -0.3 is 0 Å². The molecule has 0 bridgehead atoms. The Balaban J connectivity index is 1.38. The van der Waals surface area contributed by atoms with Crippen molar-refractivity contribution in [2.45, 2.75) is 0 Å². The van der Waals surface area contributed by atoms with Crippen LogP contribution >= 0.6 is 0 Å². The number of fused-ring (bicyclic) bond motifs is 2. The van der Waals surface area contributed by atoms with Gasteiger partial charge in [0.05, 0.1) is 11.4 Å². The first kappa shape index (κ1) is 22.1. The van der Waals surface area contributed by atoms with Gasteiger partial charge in [-0.2, -0.15) is 0 Å². The monoisotopic (exact) mass is 485 g/mol. The summed E-state index contributed by atoms with van der Waals surface area (Å²) in [7, 11) is 0. The van der Waals surface area contributed by atoms with E-state index in [0.717, 1.165) is 39.2 Å². The number of hydrogen-bond donors (Lipinski definition) is 0. The predicted octanol–water partition coefficient (Wildman–Crippen LogP) is 8.85. The molecule has 0 saturated carbocycles. The van der Waals surface area contributed by atoms with Crippen LogP contribution in [0.5, 0.6) is 0 Å². The topological polar surface area (TPSA) is 38.7 Å². The highest BCUT2D eigenvalue weighted by Gasteiger charge is 2.12. The summed E-state index contributed by atoms with van der Waals surface area (Å²) in [6.07, 6.45) is 3.67. The zero-order valence-corrected chi connectivity index (χ0v) is 20.6. The van der Waals surface area contributed by atoms with E-state index < -0.39 is 0 Å². The molecule has 0 spiro atoms. The second-order valence-corrected chi connectivity index (χ2v) is 9.40. The van der Waals surface area contributed by atoms with Gasteiger partial charge in [-0.3, -0.25) is 4.98 Å². The lowest BCUT2D eigenvalue weighted by molar-refractivity contribution is 1.18. The van der Waals surface area contributed by atoms with Crippen LogP contribution in [0, 0.1) is 0 Å². The van der Waals surface area contributed by atoms with E-state index in [2.05, 4.69) is 126 Å². The van der Waals surface area contributed by atoms with Gasteiger partial charge in [0.1, 0.15) is 0 Å². The lowest BCUT2D eigenvalue weighted by atomic mass is 10.0. The third-order valence-electron chi connectivity index (χ3n) is 6.95. The Morgan fingerprint density at radius 3 is 1.45 bits per heavy atom. The molecule has 178 valence electrons. The van der Waals surface area contributed by atoms with Crippen LogP contribution < -0.4 is 0 Å². The van der Waals surface area contributed by atoms with Crippen LogP contribution in [0.15, 0.2) is 140 Å². The number of aromatic nitrogens is 3. The highest BCUT2D eigenvalue weighted by Crippen LogP contribution is 2.31. The van der Waals surface area contributed by atoms with E-state index in [1.807, 2.05) is 12.3 Å². The van der Waals surface area contributed by atoms with Crippen molar-refractivity contribution in [1.82, 2.24) is 15.0 Å². The third kappa shape index (κ3) is 4.21. The van der Waals surface area contributed by atoms with Crippen LogP contribution in [-0.2, 0) is 0 Å². The molecular weight excluding hydrogens is 462 g/mol. The highest BCUT2D eigenvalue weighted by atomic mass is 14.9. The summed E-state index contributed by atoms with van der Waals surface area (Å²) >= 11 is 0. The third-order valence-corrected chi connectivity index (χ3v) is 6.95. The van der Waals surface area contributed by atoms with Gasteiger partial charge in [-0.05, 0) is 56.9 Å². The van der Waals surface area contributed by atoms with Crippen molar-refractivity contribution in [3.63, 3.8) is 0 Å². The Morgan fingerprint density at radius 1 is 0.368 bits per heavy atom. The normalized spacial score (nSPS) is 11.2. The Morgan fingerprint density at radius 2 is 0.895 bits per heavy atom. The van der Waals surface area contributed by atoms with Crippen LogP contribution in [0.25, 0.3) is 66.6 Å². The standard InChI is InChI=1S/C35H23N3/c1-3-8-28-20-30(17-13-24(28)6-1)33-22-34(31-18-14-25-7-2-4-9-29(25)21-31)38-35(37-33)27-15-11-26(12-16-27)32-10-5-19-36-23-32/h1-23H. The minimum Gasteiger partial charge on any atom is -0.264 e. The number of benzene rings is 5. The Bertz CT molecular complexity index is 1810. The van der Waals surface area contributed by atoms with Gasteiger partial charge in [0.2, 0.25) is 0 Å². The Hall–Kier alpha value is -5.15. The summed E-state index contributed by atoms with van der Waals surface area (Å²) in [4.78, 5) is 14.3. The molecule has 2 aromatic heterocycles. The van der Waals surface area contributed by atoms with Crippen molar-refractivity contribution in [3.8, 4) is 45.0 Å². The first-order chi connectivity index (χ1) is 18.8. The van der Waals surface area contributed by atoms with Gasteiger partial charge in [0.15, 0.2) is 5.82 Å². The largest absolute Gasteiger partial charge is 0.264 e. The number of rotatable bonds is 4. The number of pyridine rings is 1. The lowest BCUT2D eigenvalue weighted by Gasteiger charge is -2.11. The molecule has 0 aliphatic heterocycles. The fourth-order valence-corrected chi connectivity index (χ4v) is 4.91. The first-order valence-electron chi connectivity index (χ1n) is 12.7. The first-order valence-corrected chi connectivity index (χ1v) is 12.7. The lowest BCUT2D eigenvalue weighted by Crippen LogP contribution is -1.96. The van der Waals surface area contributed by atoms with Crippen molar-refractivity contribution in [1.29, 1.82) is 0 Å². The average molecular weight is 486 g/mol. The maximum atomic E-state index is 5.05. The van der Waals surface area contributed by atoms with Gasteiger partial charge in [-0.25, -0.2) is 9.97 Å². The molecule has 0 atom stereocenters. The molecule has 0 unspecified atom stereocenters. The Kier molecular flexibility index (Phi) is 5.45. The molecule has 0 aliphatic carbocycles. The van der Waals surface area contributed by atoms with E-state index in [1.165, 1.54) is 21.5 Å². The van der Waals surface area contributed by atoms with Gasteiger partial charge in [0, 0.05) is 29.1 Å². The van der Waals surface area contributed by atoms with E-state index >= 15 is 0 Å². The summed E-state index contributed by atoms with van der Waals surface area (Å²) in [5.41, 5.74) is 7.12. The van der Waals surface area contributed by atoms with E-state index in [1.54, 1.807) is 6.20 Å². The van der Waals surface area contributed by atoms with Crippen molar-refractivity contribution in [3.05, 3.63) is 140 Å². The maximum absolute atomic E-state index is 5.05. The molecular formula is C35H23N3. The summed E-state index contributed by atoms with van der Waals surface area (Å²) < 4.78 is 0. The highest BCUT2D eigenvalue weighted by molar-refractivity contribution is 5.89. The van der Waals surface area contributed by atoms with Gasteiger partial charge >= 0.3 is 0 Å². The molecule has 2 heterocycles. The van der Waals surface area contributed by atoms with Gasteiger partial charge in [-0.1, -0.05) is 103 Å². The van der Waals surface area contributed by atoms with Gasteiger partial charge in [0.25, 0.3) is 0 Å². The van der Waals surface area contributed by atoms with E-state index in [0.29, 0.717) is 5.82 Å². The summed E-state index contributed by atoms with van der Waals surface area (Å²) in [5.74, 6) is 0.705. The fraction of sp³-hybridized carbons (Fsp3) is 0. The minimum atomic E-state index is 0.705. The number of hydrogen-bond acceptors (Lipinski definition) is 3. The van der Waals surface area contributed by atoms with Crippen molar-refractivity contribution in [2.75, 3.05) is 0 Å². The summed E-state index contributed by atoms with van der Waals surface area (Å²) in [5, 5.41) is 4.81. The molecule has 7 aromatic rings.